The number of ether oxygens (including phenoxy) is 3. The molecule has 1 aromatic heterocycles. The molecule has 6 aromatic rings. The van der Waals surface area contributed by atoms with Crippen LogP contribution in [0.25, 0.3) is 43.9 Å². The van der Waals surface area contributed by atoms with E-state index in [1.165, 1.54) is 14.2 Å². The molecule has 4 amide bonds. The van der Waals surface area contributed by atoms with Gasteiger partial charge in [-0.3, -0.25) is 14.6 Å². The van der Waals surface area contributed by atoms with E-state index >= 15 is 0 Å². The van der Waals surface area contributed by atoms with Gasteiger partial charge in [0.15, 0.2) is 0 Å². The summed E-state index contributed by atoms with van der Waals surface area (Å²) in [5.74, 6) is 0.817. The summed E-state index contributed by atoms with van der Waals surface area (Å²) in [6.07, 6.45) is 7.26. The van der Waals surface area contributed by atoms with Gasteiger partial charge in [0.1, 0.15) is 17.9 Å². The molecular weight excluding hydrogens is 859 g/mol. The number of amides is 4. The molecule has 0 spiro atoms. The quantitative estimate of drug-likeness (QED) is 0.122. The molecule has 4 aliphatic heterocycles. The van der Waals surface area contributed by atoms with Gasteiger partial charge in [0.05, 0.1) is 43.9 Å². The molecule has 68 heavy (non-hydrogen) atoms. The van der Waals surface area contributed by atoms with Crippen molar-refractivity contribution in [3.8, 4) is 22.4 Å². The molecular formula is C54H55N7O7. The molecule has 2 bridgehead atoms. The zero-order valence-corrected chi connectivity index (χ0v) is 38.3. The summed E-state index contributed by atoms with van der Waals surface area (Å²) in [7, 11) is 2.63. The number of hydrogen-bond acceptors (Lipinski definition) is 9. The number of nitrogens with zero attached hydrogens (tertiary/aromatic N) is 4. The van der Waals surface area contributed by atoms with Gasteiger partial charge in [0, 0.05) is 43.5 Å². The van der Waals surface area contributed by atoms with E-state index in [2.05, 4.69) is 82.3 Å². The molecule has 5 heterocycles. The minimum atomic E-state index is -0.862. The van der Waals surface area contributed by atoms with E-state index in [9.17, 15) is 19.2 Å². The van der Waals surface area contributed by atoms with Gasteiger partial charge in [-0.1, -0.05) is 72.8 Å². The Labute approximate surface area is 394 Å². The number of fused-ring (bicyclic) bond motifs is 6. The Morgan fingerprint density at radius 1 is 0.765 bits per heavy atom. The molecule has 3 saturated heterocycles. The third-order valence-electron chi connectivity index (χ3n) is 15.1. The topological polar surface area (TPSA) is 168 Å². The number of H-pyrrole nitrogens is 1. The SMILES string of the molecule is COC(=O)N[C@H](C(=O)N1CCC[C@H]1C1=Nc2ccc3cc(-c4ccc5cc(-c6cnc([C@@H]7[C@H]8CC[C@H](C8)N7C(=O)[C@@H](NC(=O)OC)C7CCOCC7)[nH]6)ccc5c4)ccc3c2C1)c1ccccc1. The zero-order chi connectivity index (χ0) is 46.5. The van der Waals surface area contributed by atoms with Gasteiger partial charge in [0.25, 0.3) is 0 Å². The van der Waals surface area contributed by atoms with E-state index in [1.54, 1.807) is 0 Å². The number of benzene rings is 5. The Bertz CT molecular complexity index is 2960. The first kappa shape index (κ1) is 43.5. The summed E-state index contributed by atoms with van der Waals surface area (Å²) >= 11 is 0. The summed E-state index contributed by atoms with van der Waals surface area (Å²) in [4.78, 5) is 70.9. The van der Waals surface area contributed by atoms with Crippen LogP contribution < -0.4 is 10.6 Å². The number of methoxy groups -OCH3 is 2. The standard InChI is InChI=1S/C54H55N7O7/c1-66-53(64)58-47(31-7-4-3-5-8-31)51(62)60-22-6-9-46(60)44-29-42-41-18-15-36(26-37(41)16-19-43(42)56-44)33-10-11-35-27-38(13-12-34(35)25-33)45-30-55-50(57-45)49-39-14-17-40(28-39)61(49)52(63)48(59-54(65)67-2)32-20-23-68-24-21-32/h3-5,7-8,10-13,15-16,18-19,25-27,30,32,39-40,46-49H,6,9,14,17,20-24,28-29H2,1-2H3,(H,55,57)(H,58,64)(H,59,65)/t39-,40+,46-,47-,48-,49-/m0/s1. The van der Waals surface area contributed by atoms with Crippen LogP contribution in [0.4, 0.5) is 15.3 Å². The van der Waals surface area contributed by atoms with Gasteiger partial charge in [-0.25, -0.2) is 14.6 Å². The molecule has 14 heteroatoms. The third kappa shape index (κ3) is 8.03. The summed E-state index contributed by atoms with van der Waals surface area (Å²) in [5.41, 5.74) is 7.91. The van der Waals surface area contributed by atoms with Crippen molar-refractivity contribution in [3.05, 3.63) is 120 Å². The van der Waals surface area contributed by atoms with Crippen LogP contribution in [-0.2, 0) is 30.2 Å². The Morgan fingerprint density at radius 3 is 2.25 bits per heavy atom. The van der Waals surface area contributed by atoms with Crippen molar-refractivity contribution in [1.82, 2.24) is 30.4 Å². The van der Waals surface area contributed by atoms with E-state index < -0.39 is 24.3 Å². The number of hydrogen-bond donors (Lipinski definition) is 3. The largest absolute Gasteiger partial charge is 0.453 e. The molecule has 11 rings (SSSR count). The van der Waals surface area contributed by atoms with Crippen molar-refractivity contribution >= 4 is 56.9 Å². The fraction of sp³-hybridized carbons (Fsp3) is 0.370. The lowest BCUT2D eigenvalue weighted by atomic mass is 9.89. The second-order valence-corrected chi connectivity index (χ2v) is 18.9. The number of alkyl carbamates (subject to hydrolysis) is 2. The minimum absolute atomic E-state index is 0.0266. The molecule has 14 nitrogen and oxygen atoms in total. The Kier molecular flexibility index (Phi) is 11.6. The lowest BCUT2D eigenvalue weighted by Crippen LogP contribution is -2.55. The first-order valence-corrected chi connectivity index (χ1v) is 23.9. The van der Waals surface area contributed by atoms with Gasteiger partial charge >= 0.3 is 12.2 Å². The fourth-order valence-electron chi connectivity index (χ4n) is 11.7. The van der Waals surface area contributed by atoms with Crippen LogP contribution in [0.5, 0.6) is 0 Å². The lowest BCUT2D eigenvalue weighted by Gasteiger charge is -2.39. The van der Waals surface area contributed by atoms with Gasteiger partial charge in [-0.15, -0.1) is 0 Å². The van der Waals surface area contributed by atoms with Crippen molar-refractivity contribution in [1.29, 1.82) is 0 Å². The van der Waals surface area contributed by atoms with E-state index in [1.807, 2.05) is 46.3 Å². The molecule has 348 valence electrons. The van der Waals surface area contributed by atoms with Crippen LogP contribution >= 0.6 is 0 Å². The molecule has 4 fully saturated rings. The number of likely N-dealkylation sites (tertiary alicyclic amines) is 2. The molecule has 3 N–H and O–H groups in total. The summed E-state index contributed by atoms with van der Waals surface area (Å²) in [6.45, 7) is 1.72. The fourth-order valence-corrected chi connectivity index (χ4v) is 11.7. The maximum absolute atomic E-state index is 14.4. The molecule has 1 saturated carbocycles. The molecule has 5 aliphatic rings. The minimum Gasteiger partial charge on any atom is -0.453 e. The van der Waals surface area contributed by atoms with Crippen molar-refractivity contribution in [2.24, 2.45) is 16.8 Å². The zero-order valence-electron chi connectivity index (χ0n) is 38.3. The number of carbonyl (C=O) groups excluding carboxylic acids is 4. The predicted molar refractivity (Wildman–Crippen MR) is 258 cm³/mol. The smallest absolute Gasteiger partial charge is 0.407 e. The highest BCUT2D eigenvalue weighted by molar-refractivity contribution is 6.06. The van der Waals surface area contributed by atoms with Crippen molar-refractivity contribution < 1.29 is 33.4 Å². The monoisotopic (exact) mass is 913 g/mol. The summed E-state index contributed by atoms with van der Waals surface area (Å²) in [6, 6.07) is 31.3. The summed E-state index contributed by atoms with van der Waals surface area (Å²) in [5, 5.41) is 10.1. The van der Waals surface area contributed by atoms with Gasteiger partial charge in [-0.05, 0) is 125 Å². The van der Waals surface area contributed by atoms with E-state index in [0.29, 0.717) is 50.5 Å². The van der Waals surface area contributed by atoms with Gasteiger partial charge in [-0.2, -0.15) is 0 Å². The molecule has 0 radical (unpaired) electrons. The Morgan fingerprint density at radius 2 is 1.47 bits per heavy atom. The first-order valence-electron chi connectivity index (χ1n) is 23.9. The second-order valence-electron chi connectivity index (χ2n) is 18.9. The maximum atomic E-state index is 14.4. The Hall–Kier alpha value is -7.06. The predicted octanol–water partition coefficient (Wildman–Crippen LogP) is 8.97. The number of nitrogens with one attached hydrogen (secondary N) is 3. The second kappa shape index (κ2) is 18.2. The number of aromatic amines is 1. The van der Waals surface area contributed by atoms with Crippen LogP contribution in [0.15, 0.2) is 108 Å². The van der Waals surface area contributed by atoms with Crippen LogP contribution in [0, 0.1) is 11.8 Å². The highest BCUT2D eigenvalue weighted by Crippen LogP contribution is 2.50. The molecule has 0 unspecified atom stereocenters. The van der Waals surface area contributed by atoms with E-state index in [-0.39, 0.29) is 35.9 Å². The number of aromatic nitrogens is 2. The van der Waals surface area contributed by atoms with Crippen molar-refractivity contribution in [2.75, 3.05) is 34.0 Å². The van der Waals surface area contributed by atoms with E-state index in [0.717, 1.165) is 98.8 Å². The molecule has 5 aromatic carbocycles. The maximum Gasteiger partial charge on any atom is 0.407 e. The Balaban J connectivity index is 0.796. The van der Waals surface area contributed by atoms with Gasteiger partial charge < -0.3 is 39.6 Å². The van der Waals surface area contributed by atoms with Crippen LogP contribution in [-0.4, -0.2) is 102 Å². The number of rotatable bonds is 10. The van der Waals surface area contributed by atoms with Crippen LogP contribution in [0.2, 0.25) is 0 Å². The third-order valence-corrected chi connectivity index (χ3v) is 15.1. The number of imidazole rings is 1. The average Bonchev–Trinajstić information content (AvgIpc) is 4.26. The first-order chi connectivity index (χ1) is 33.2. The van der Waals surface area contributed by atoms with Gasteiger partial charge in [0.2, 0.25) is 11.8 Å². The van der Waals surface area contributed by atoms with Crippen molar-refractivity contribution in [3.63, 3.8) is 0 Å². The lowest BCUT2D eigenvalue weighted by molar-refractivity contribution is -0.140. The molecule has 6 atom stereocenters. The summed E-state index contributed by atoms with van der Waals surface area (Å²) < 4.78 is 15.4. The van der Waals surface area contributed by atoms with Crippen LogP contribution in [0.1, 0.15) is 74.0 Å². The van der Waals surface area contributed by atoms with E-state index in [4.69, 9.17) is 24.2 Å². The normalized spacial score (nSPS) is 21.9. The number of aliphatic imine (C=N–C) groups is 1. The van der Waals surface area contributed by atoms with Crippen molar-refractivity contribution in [2.45, 2.75) is 81.6 Å². The van der Waals surface area contributed by atoms with Crippen LogP contribution in [0.3, 0.4) is 0 Å². The highest BCUT2D eigenvalue weighted by Gasteiger charge is 2.52. The highest BCUT2D eigenvalue weighted by atomic mass is 16.5. The molecule has 1 aliphatic carbocycles. The number of piperidine rings is 1. The number of carbonyl (C=O) groups is 4. The average molecular weight is 914 g/mol.